The molecule has 0 saturated carbocycles. The monoisotopic (exact) mass is 845 g/mol. The van der Waals surface area contributed by atoms with Gasteiger partial charge in [0, 0.05) is 33.4 Å². The molecular formula is C63H59NO. The van der Waals surface area contributed by atoms with Crippen LogP contribution < -0.4 is 4.90 Å². The van der Waals surface area contributed by atoms with Crippen LogP contribution in [0, 0.1) is 27.7 Å². The van der Waals surface area contributed by atoms with Gasteiger partial charge in [-0.05, 0) is 115 Å². The summed E-state index contributed by atoms with van der Waals surface area (Å²) in [5.41, 5.74) is 19.1. The van der Waals surface area contributed by atoms with Crippen molar-refractivity contribution < 1.29 is 4.42 Å². The van der Waals surface area contributed by atoms with Gasteiger partial charge in [-0.25, -0.2) is 0 Å². The lowest BCUT2D eigenvalue weighted by atomic mass is 9.99. The maximum Gasteiger partial charge on any atom is 0.135 e. The van der Waals surface area contributed by atoms with Gasteiger partial charge >= 0.3 is 0 Å². The van der Waals surface area contributed by atoms with Gasteiger partial charge in [0.2, 0.25) is 0 Å². The molecule has 0 aliphatic carbocycles. The minimum absolute atomic E-state index is 0.920. The van der Waals surface area contributed by atoms with E-state index in [0.29, 0.717) is 0 Å². The van der Waals surface area contributed by atoms with Crippen LogP contribution in [0.5, 0.6) is 0 Å². The molecule has 0 saturated heterocycles. The summed E-state index contributed by atoms with van der Waals surface area (Å²) in [7, 11) is 0. The first kappa shape index (κ1) is 45.3. The lowest BCUT2D eigenvalue weighted by Crippen LogP contribution is -2.16. The van der Waals surface area contributed by atoms with Crippen LogP contribution in [0.1, 0.15) is 52.8 Å². The van der Waals surface area contributed by atoms with E-state index in [1.165, 1.54) is 72.0 Å². The molecule has 0 fully saturated rings. The van der Waals surface area contributed by atoms with Crippen molar-refractivity contribution in [1.29, 1.82) is 0 Å². The highest BCUT2D eigenvalue weighted by atomic mass is 16.3. The fraction of sp³-hybridized carbons (Fsp3) is 0.111. The molecule has 0 N–H and O–H groups in total. The van der Waals surface area contributed by atoms with Gasteiger partial charge < -0.3 is 9.32 Å². The molecule has 1 aromatic heterocycles. The zero-order chi connectivity index (χ0) is 45.5. The van der Waals surface area contributed by atoms with Gasteiger partial charge in [0.05, 0.1) is 0 Å². The van der Waals surface area contributed by atoms with Crippen LogP contribution >= 0.6 is 0 Å². The Bertz CT molecular complexity index is 3050. The Balaban J connectivity index is 0.000000151. The third-order valence-electron chi connectivity index (χ3n) is 11.4. The van der Waals surface area contributed by atoms with Crippen molar-refractivity contribution in [3.63, 3.8) is 0 Å². The average molecular weight is 846 g/mol. The quantitative estimate of drug-likeness (QED) is 0.151. The Morgan fingerprint density at radius 3 is 1.48 bits per heavy atom. The van der Waals surface area contributed by atoms with Crippen molar-refractivity contribution in [1.82, 2.24) is 0 Å². The van der Waals surface area contributed by atoms with E-state index in [2.05, 4.69) is 239 Å². The zero-order valence-corrected chi connectivity index (χ0v) is 38.6. The molecule has 2 heteroatoms. The SMILES string of the molecule is C=C(c1ccccc1C)N(c1ccccc1)c1ccccc1C.CC.Cc1ccc(-c2ccc(Cc3ccc4oc5ccccc5c4c3)cc2)cc1.Cc1ccc(-c2ccccc2)cc1. The van der Waals surface area contributed by atoms with E-state index in [1.807, 2.05) is 38.1 Å². The number of rotatable bonds is 8. The predicted molar refractivity (Wildman–Crippen MR) is 281 cm³/mol. The average Bonchev–Trinajstić information content (AvgIpc) is 3.73. The van der Waals surface area contributed by atoms with Gasteiger partial charge in [0.25, 0.3) is 0 Å². The van der Waals surface area contributed by atoms with Gasteiger partial charge in [-0.2, -0.15) is 0 Å². The van der Waals surface area contributed by atoms with E-state index in [4.69, 9.17) is 4.42 Å². The Labute approximate surface area is 386 Å². The van der Waals surface area contributed by atoms with Gasteiger partial charge in [-0.15, -0.1) is 0 Å². The summed E-state index contributed by atoms with van der Waals surface area (Å²) < 4.78 is 5.93. The minimum Gasteiger partial charge on any atom is -0.456 e. The van der Waals surface area contributed by atoms with Crippen molar-refractivity contribution in [3.05, 3.63) is 270 Å². The number of hydrogen-bond donors (Lipinski definition) is 0. The number of benzene rings is 9. The number of anilines is 2. The molecular weight excluding hydrogens is 787 g/mol. The van der Waals surface area contributed by atoms with Gasteiger partial charge in [-0.1, -0.05) is 220 Å². The van der Waals surface area contributed by atoms with Crippen LogP contribution in [0.4, 0.5) is 11.4 Å². The molecule has 2 nitrogen and oxygen atoms in total. The summed E-state index contributed by atoms with van der Waals surface area (Å²) in [5, 5.41) is 2.38. The van der Waals surface area contributed by atoms with Crippen LogP contribution in [0.3, 0.4) is 0 Å². The maximum atomic E-state index is 5.93. The number of para-hydroxylation sites is 3. The van der Waals surface area contributed by atoms with E-state index in [1.54, 1.807) is 0 Å². The van der Waals surface area contributed by atoms with Crippen molar-refractivity contribution in [2.24, 2.45) is 0 Å². The molecule has 0 aliphatic heterocycles. The van der Waals surface area contributed by atoms with Crippen LogP contribution in [-0.4, -0.2) is 0 Å². The summed E-state index contributed by atoms with van der Waals surface area (Å²) in [6, 6.07) is 78.5. The van der Waals surface area contributed by atoms with Crippen LogP contribution in [-0.2, 0) is 6.42 Å². The Hall–Kier alpha value is -7.68. The largest absolute Gasteiger partial charge is 0.456 e. The molecule has 0 unspecified atom stereocenters. The molecule has 65 heavy (non-hydrogen) atoms. The lowest BCUT2D eigenvalue weighted by Gasteiger charge is -2.29. The molecule has 0 spiro atoms. The zero-order valence-electron chi connectivity index (χ0n) is 38.6. The minimum atomic E-state index is 0.920. The summed E-state index contributed by atoms with van der Waals surface area (Å²) in [6.45, 7) is 16.9. The molecule has 9 aromatic carbocycles. The normalized spacial score (nSPS) is 10.4. The molecule has 1 heterocycles. The van der Waals surface area contributed by atoms with Gasteiger partial charge in [0.1, 0.15) is 11.2 Å². The maximum absolute atomic E-state index is 5.93. The highest BCUT2D eigenvalue weighted by Crippen LogP contribution is 2.36. The van der Waals surface area contributed by atoms with Crippen LogP contribution in [0.2, 0.25) is 0 Å². The Morgan fingerprint density at radius 2 is 0.877 bits per heavy atom. The molecule has 322 valence electrons. The fourth-order valence-electron chi connectivity index (χ4n) is 7.91. The first-order valence-electron chi connectivity index (χ1n) is 22.6. The fourth-order valence-corrected chi connectivity index (χ4v) is 7.91. The first-order chi connectivity index (χ1) is 31.8. The second-order valence-electron chi connectivity index (χ2n) is 16.1. The molecule has 10 rings (SSSR count). The smallest absolute Gasteiger partial charge is 0.135 e. The predicted octanol–water partition coefficient (Wildman–Crippen LogP) is 18.0. The third-order valence-corrected chi connectivity index (χ3v) is 11.4. The van der Waals surface area contributed by atoms with Gasteiger partial charge in [-0.3, -0.25) is 0 Å². The van der Waals surface area contributed by atoms with E-state index >= 15 is 0 Å². The van der Waals surface area contributed by atoms with E-state index < -0.39 is 0 Å². The summed E-state index contributed by atoms with van der Waals surface area (Å²) in [5.74, 6) is 0. The second kappa shape index (κ2) is 22.1. The van der Waals surface area contributed by atoms with Crippen molar-refractivity contribution >= 4 is 39.0 Å². The molecule has 10 aromatic rings. The van der Waals surface area contributed by atoms with E-state index in [-0.39, 0.29) is 0 Å². The third kappa shape index (κ3) is 11.5. The number of nitrogens with zero attached hydrogens (tertiary/aromatic N) is 1. The molecule has 0 bridgehead atoms. The number of aryl methyl sites for hydroxylation is 4. The molecule has 0 radical (unpaired) electrons. The highest BCUT2D eigenvalue weighted by molar-refractivity contribution is 6.05. The summed E-state index contributed by atoms with van der Waals surface area (Å²) in [6.07, 6.45) is 0.920. The molecule has 0 amide bonds. The first-order valence-corrected chi connectivity index (χ1v) is 22.6. The van der Waals surface area contributed by atoms with Crippen LogP contribution in [0.15, 0.2) is 235 Å². The van der Waals surface area contributed by atoms with E-state index in [9.17, 15) is 0 Å². The van der Waals surface area contributed by atoms with E-state index in [0.717, 1.165) is 34.7 Å². The highest BCUT2D eigenvalue weighted by Gasteiger charge is 2.17. The molecule has 0 atom stereocenters. The van der Waals surface area contributed by atoms with Crippen molar-refractivity contribution in [3.8, 4) is 22.3 Å². The van der Waals surface area contributed by atoms with Crippen LogP contribution in [0.25, 0.3) is 49.9 Å². The van der Waals surface area contributed by atoms with Crippen molar-refractivity contribution in [2.45, 2.75) is 48.0 Å². The lowest BCUT2D eigenvalue weighted by molar-refractivity contribution is 0.669. The second-order valence-corrected chi connectivity index (χ2v) is 16.1. The Kier molecular flexibility index (Phi) is 15.4. The Morgan fingerprint density at radius 1 is 0.415 bits per heavy atom. The topological polar surface area (TPSA) is 16.4 Å². The van der Waals surface area contributed by atoms with Gasteiger partial charge in [0.15, 0.2) is 0 Å². The number of hydrogen-bond acceptors (Lipinski definition) is 2. The summed E-state index contributed by atoms with van der Waals surface area (Å²) >= 11 is 0. The van der Waals surface area contributed by atoms with Crippen molar-refractivity contribution in [2.75, 3.05) is 4.90 Å². The number of fused-ring (bicyclic) bond motifs is 3. The standard InChI is InChI=1S/C26H20O.C22H21N.C13H12.C2H6/c1-18-6-11-21(12-7-18)22-13-8-19(9-14-22)16-20-10-15-26-24(17-20)23-4-2-3-5-25(23)27-26;1-17-11-7-9-15-21(17)19(3)23(20-13-5-4-6-14-20)22-16-10-8-12-18(22)2;1-11-7-9-13(10-8-11)12-5-3-2-4-6-12;1-2/h2-15,17H,16H2,1H3;4-16H,3H2,1-2H3;2-10H,1H3;1-2H3. The summed E-state index contributed by atoms with van der Waals surface area (Å²) in [4.78, 5) is 2.23. The number of furan rings is 1. The molecule has 0 aliphatic rings.